The highest BCUT2D eigenvalue weighted by Crippen LogP contribution is 2.35. The van der Waals surface area contributed by atoms with Crippen LogP contribution in [0.2, 0.25) is 0 Å². The van der Waals surface area contributed by atoms with Crippen LogP contribution < -0.4 is 5.32 Å². The maximum absolute atomic E-state index is 4.70. The van der Waals surface area contributed by atoms with Crippen molar-refractivity contribution in [3.8, 4) is 0 Å². The molecule has 3 aromatic carbocycles. The highest BCUT2D eigenvalue weighted by atomic mass is 15.0. The highest BCUT2D eigenvalue weighted by molar-refractivity contribution is 6.17. The first-order valence-corrected chi connectivity index (χ1v) is 7.01. The summed E-state index contributed by atoms with van der Waals surface area (Å²) in [7, 11) is 0. The molecule has 1 heterocycles. The molecule has 0 radical (unpaired) electrons. The van der Waals surface area contributed by atoms with Gasteiger partial charge >= 0.3 is 0 Å². The third-order valence-corrected chi connectivity index (χ3v) is 3.62. The molecule has 0 spiro atoms. The second kappa shape index (κ2) is 4.91. The van der Waals surface area contributed by atoms with Crippen LogP contribution in [0.15, 0.2) is 77.8 Å². The molecule has 0 amide bonds. The number of rotatable bonds is 2. The quantitative estimate of drug-likeness (QED) is 0.695. The van der Waals surface area contributed by atoms with Gasteiger partial charge in [0.05, 0.1) is 5.69 Å². The number of hydrogen-bond acceptors (Lipinski definition) is 2. The zero-order valence-corrected chi connectivity index (χ0v) is 11.5. The van der Waals surface area contributed by atoms with Gasteiger partial charge < -0.3 is 5.32 Å². The molecule has 0 fully saturated rings. The van der Waals surface area contributed by atoms with Gasteiger partial charge in [-0.15, -0.1) is 0 Å². The summed E-state index contributed by atoms with van der Waals surface area (Å²) in [6.45, 7) is 0. The van der Waals surface area contributed by atoms with Crippen molar-refractivity contribution in [2.45, 2.75) is 0 Å². The van der Waals surface area contributed by atoms with Crippen LogP contribution in [-0.2, 0) is 0 Å². The summed E-state index contributed by atoms with van der Waals surface area (Å²) in [5.41, 5.74) is 3.31. The van der Waals surface area contributed by atoms with Gasteiger partial charge in [-0.2, -0.15) is 0 Å². The van der Waals surface area contributed by atoms with Crippen molar-refractivity contribution in [3.05, 3.63) is 78.4 Å². The van der Waals surface area contributed by atoms with Crippen LogP contribution in [0.1, 0.15) is 5.56 Å². The predicted octanol–water partition coefficient (Wildman–Crippen LogP) is 5.01. The Balaban J connectivity index is 1.75. The van der Waals surface area contributed by atoms with Crippen LogP contribution in [-0.4, -0.2) is 5.84 Å². The van der Waals surface area contributed by atoms with Gasteiger partial charge in [-0.3, -0.25) is 0 Å². The number of nitrogens with zero attached hydrogens (tertiary/aromatic N) is 1. The van der Waals surface area contributed by atoms with Gasteiger partial charge in [0.15, 0.2) is 0 Å². The van der Waals surface area contributed by atoms with E-state index in [9.17, 15) is 0 Å². The Labute approximate surface area is 123 Å². The third kappa shape index (κ3) is 2.21. The molecule has 1 aliphatic rings. The molecular weight excluding hydrogens is 256 g/mol. The summed E-state index contributed by atoms with van der Waals surface area (Å²) in [5.74, 6) is 0.866. The van der Waals surface area contributed by atoms with Gasteiger partial charge in [0.25, 0.3) is 0 Å². The van der Waals surface area contributed by atoms with Gasteiger partial charge in [-0.25, -0.2) is 4.99 Å². The van der Waals surface area contributed by atoms with Gasteiger partial charge in [0.1, 0.15) is 5.84 Å². The average Bonchev–Trinajstić information content (AvgIpc) is 2.54. The van der Waals surface area contributed by atoms with Crippen molar-refractivity contribution in [1.82, 2.24) is 0 Å². The van der Waals surface area contributed by atoms with Crippen molar-refractivity contribution < 1.29 is 0 Å². The molecule has 0 unspecified atom stereocenters. The van der Waals surface area contributed by atoms with Crippen molar-refractivity contribution in [2.24, 2.45) is 4.99 Å². The second-order valence-electron chi connectivity index (χ2n) is 5.05. The Morgan fingerprint density at radius 1 is 0.762 bits per heavy atom. The SMILES string of the molecule is C(=Cc1ccccc1)C1=Nc2cccc3cccc(c23)N1. The fraction of sp³-hybridized carbons (Fsp3) is 0. The molecule has 1 aliphatic heterocycles. The predicted molar refractivity (Wildman–Crippen MR) is 90.1 cm³/mol. The maximum Gasteiger partial charge on any atom is 0.131 e. The Kier molecular flexibility index (Phi) is 2.79. The van der Waals surface area contributed by atoms with E-state index in [0.717, 1.165) is 17.2 Å². The van der Waals surface area contributed by atoms with E-state index < -0.39 is 0 Å². The molecule has 0 bridgehead atoms. The molecule has 2 heteroatoms. The Hall–Kier alpha value is -2.87. The van der Waals surface area contributed by atoms with Crippen LogP contribution in [0.25, 0.3) is 16.8 Å². The molecule has 0 saturated heterocycles. The minimum absolute atomic E-state index is 0.866. The van der Waals surface area contributed by atoms with Crippen LogP contribution in [0.4, 0.5) is 11.4 Å². The lowest BCUT2D eigenvalue weighted by Crippen LogP contribution is -2.11. The molecule has 100 valence electrons. The number of anilines is 1. The van der Waals surface area contributed by atoms with Gasteiger partial charge in [-0.1, -0.05) is 60.7 Å². The number of amidine groups is 1. The lowest BCUT2D eigenvalue weighted by atomic mass is 10.1. The van der Waals surface area contributed by atoms with E-state index in [2.05, 4.69) is 59.9 Å². The Morgan fingerprint density at radius 3 is 2.43 bits per heavy atom. The number of hydrogen-bond donors (Lipinski definition) is 1. The summed E-state index contributed by atoms with van der Waals surface area (Å²) in [4.78, 5) is 4.70. The topological polar surface area (TPSA) is 24.4 Å². The third-order valence-electron chi connectivity index (χ3n) is 3.62. The van der Waals surface area contributed by atoms with Crippen LogP contribution in [0, 0.1) is 0 Å². The first kappa shape index (κ1) is 11.9. The minimum Gasteiger partial charge on any atom is -0.340 e. The Bertz CT molecular complexity index is 856. The lowest BCUT2D eigenvalue weighted by Gasteiger charge is -2.17. The summed E-state index contributed by atoms with van der Waals surface area (Å²) in [6, 6.07) is 22.7. The first-order chi connectivity index (χ1) is 10.4. The van der Waals surface area contributed by atoms with Crippen LogP contribution >= 0.6 is 0 Å². The fourth-order valence-corrected chi connectivity index (χ4v) is 2.63. The molecule has 3 aromatic rings. The van der Waals surface area contributed by atoms with Crippen LogP contribution in [0.5, 0.6) is 0 Å². The molecule has 0 aliphatic carbocycles. The van der Waals surface area contributed by atoms with Crippen molar-refractivity contribution in [1.29, 1.82) is 0 Å². The summed E-state index contributed by atoms with van der Waals surface area (Å²) in [5, 5.41) is 5.80. The maximum atomic E-state index is 4.70. The highest BCUT2D eigenvalue weighted by Gasteiger charge is 2.11. The number of aliphatic imine (C=N–C) groups is 1. The molecular formula is C19H14N2. The second-order valence-corrected chi connectivity index (χ2v) is 5.05. The van der Waals surface area contributed by atoms with E-state index in [1.807, 2.05) is 24.3 Å². The molecule has 0 aromatic heterocycles. The zero-order valence-electron chi connectivity index (χ0n) is 11.5. The molecule has 21 heavy (non-hydrogen) atoms. The van der Waals surface area contributed by atoms with Gasteiger partial charge in [0, 0.05) is 11.1 Å². The summed E-state index contributed by atoms with van der Waals surface area (Å²) < 4.78 is 0. The van der Waals surface area contributed by atoms with E-state index in [-0.39, 0.29) is 0 Å². The largest absolute Gasteiger partial charge is 0.340 e. The normalized spacial score (nSPS) is 13.2. The molecule has 1 N–H and O–H groups in total. The molecule has 0 atom stereocenters. The first-order valence-electron chi connectivity index (χ1n) is 7.01. The van der Waals surface area contributed by atoms with E-state index in [1.54, 1.807) is 0 Å². The smallest absolute Gasteiger partial charge is 0.131 e. The summed E-state index contributed by atoms with van der Waals surface area (Å²) >= 11 is 0. The zero-order chi connectivity index (χ0) is 14.1. The van der Waals surface area contributed by atoms with E-state index in [0.29, 0.717) is 0 Å². The summed E-state index contributed by atoms with van der Waals surface area (Å²) in [6.07, 6.45) is 4.09. The standard InChI is InChI=1S/C19H14N2/c1-2-6-14(7-3-1)12-13-18-20-16-10-4-8-15-9-5-11-17(21-18)19(15)16/h1-13H,(H,20,21). The van der Waals surface area contributed by atoms with E-state index in [1.165, 1.54) is 16.3 Å². The van der Waals surface area contributed by atoms with Gasteiger partial charge in [0.2, 0.25) is 0 Å². The molecule has 2 nitrogen and oxygen atoms in total. The lowest BCUT2D eigenvalue weighted by molar-refractivity contribution is 1.49. The molecule has 4 rings (SSSR count). The number of nitrogens with one attached hydrogen (secondary N) is 1. The average molecular weight is 270 g/mol. The Morgan fingerprint density at radius 2 is 1.57 bits per heavy atom. The van der Waals surface area contributed by atoms with E-state index in [4.69, 9.17) is 4.99 Å². The fourth-order valence-electron chi connectivity index (χ4n) is 2.63. The van der Waals surface area contributed by atoms with Crippen LogP contribution in [0.3, 0.4) is 0 Å². The number of benzene rings is 3. The van der Waals surface area contributed by atoms with Crippen molar-refractivity contribution >= 4 is 34.1 Å². The van der Waals surface area contributed by atoms with Crippen molar-refractivity contribution in [3.63, 3.8) is 0 Å². The monoisotopic (exact) mass is 270 g/mol. The minimum atomic E-state index is 0.866. The molecule has 0 saturated carbocycles. The van der Waals surface area contributed by atoms with Gasteiger partial charge in [-0.05, 0) is 29.2 Å². The van der Waals surface area contributed by atoms with Crippen molar-refractivity contribution in [2.75, 3.05) is 5.32 Å². The van der Waals surface area contributed by atoms with E-state index >= 15 is 0 Å².